The molecule has 30 heavy (non-hydrogen) atoms. The molecule has 1 aromatic carbocycles. The number of hydrogen-bond donors (Lipinski definition) is 2. The average Bonchev–Trinajstić information content (AvgIpc) is 3.16. The molecule has 3 aromatic rings. The van der Waals surface area contributed by atoms with Crippen molar-refractivity contribution in [3.8, 4) is 5.75 Å². The van der Waals surface area contributed by atoms with E-state index in [-0.39, 0.29) is 5.91 Å². The highest BCUT2D eigenvalue weighted by Gasteiger charge is 2.14. The van der Waals surface area contributed by atoms with E-state index in [9.17, 15) is 4.79 Å². The average molecular weight is 429 g/mol. The predicted molar refractivity (Wildman–Crippen MR) is 120 cm³/mol. The molecule has 3 rings (SSSR count). The van der Waals surface area contributed by atoms with Crippen LogP contribution in [0.1, 0.15) is 37.6 Å². The number of amides is 1. The molecule has 0 saturated heterocycles. The largest absolute Gasteiger partial charge is 0.493 e. The van der Waals surface area contributed by atoms with Gasteiger partial charge in [-0.2, -0.15) is 5.10 Å². The smallest absolute Gasteiger partial charge is 0.255 e. The van der Waals surface area contributed by atoms with Crippen LogP contribution in [-0.2, 0) is 6.54 Å². The topological polar surface area (TPSA) is 94.0 Å². The molecule has 1 amide bonds. The van der Waals surface area contributed by atoms with Crippen molar-refractivity contribution in [1.29, 1.82) is 0 Å². The minimum atomic E-state index is -0.169. The summed E-state index contributed by atoms with van der Waals surface area (Å²) in [7, 11) is 0. The number of carbonyl (C=O) groups excluding carboxylic acids is 1. The molecule has 9 heteroatoms. The number of hydrogen-bond acceptors (Lipinski definition) is 7. The van der Waals surface area contributed by atoms with E-state index >= 15 is 0 Å². The summed E-state index contributed by atoms with van der Waals surface area (Å²) in [6.07, 6.45) is 2.78. The molecule has 0 fully saturated rings. The number of nitrogens with one attached hydrogen (secondary N) is 2. The zero-order valence-electron chi connectivity index (χ0n) is 17.6. The minimum absolute atomic E-state index is 0.169. The maximum absolute atomic E-state index is 12.6. The molecule has 0 radical (unpaired) electrons. The Labute approximate surface area is 180 Å². The van der Waals surface area contributed by atoms with E-state index in [1.165, 1.54) is 0 Å². The van der Waals surface area contributed by atoms with Gasteiger partial charge in [0.25, 0.3) is 5.91 Å². The van der Waals surface area contributed by atoms with Crippen molar-refractivity contribution in [2.24, 2.45) is 0 Å². The molecule has 160 valence electrons. The molecule has 0 bridgehead atoms. The SMILES string of the molecule is CCCNc1nc(SCC)nc2c1cnn2CCNC(=O)c1ccccc1OCC. The first-order valence-electron chi connectivity index (χ1n) is 10.3. The molecule has 2 N–H and O–H groups in total. The fourth-order valence-corrected chi connectivity index (χ4v) is 3.54. The molecule has 2 heterocycles. The third-order valence-corrected chi connectivity index (χ3v) is 5.06. The Balaban J connectivity index is 1.73. The Kier molecular flexibility index (Phi) is 7.89. The molecule has 0 unspecified atom stereocenters. The number of carbonyl (C=O) groups is 1. The fraction of sp³-hybridized carbons (Fsp3) is 0.429. The number of para-hydroxylation sites is 1. The van der Waals surface area contributed by atoms with Crippen LogP contribution in [-0.4, -0.2) is 51.1 Å². The maximum atomic E-state index is 12.6. The van der Waals surface area contributed by atoms with Crippen LogP contribution in [0, 0.1) is 0 Å². The lowest BCUT2D eigenvalue weighted by atomic mass is 10.2. The van der Waals surface area contributed by atoms with Gasteiger partial charge in [0.05, 0.1) is 30.3 Å². The molecule has 8 nitrogen and oxygen atoms in total. The number of ether oxygens (including phenoxy) is 1. The molecule has 0 saturated carbocycles. The van der Waals surface area contributed by atoms with E-state index in [2.05, 4.69) is 39.5 Å². The summed E-state index contributed by atoms with van der Waals surface area (Å²) in [4.78, 5) is 21.9. The summed E-state index contributed by atoms with van der Waals surface area (Å²) in [6, 6.07) is 7.24. The third-order valence-electron chi connectivity index (χ3n) is 4.33. The number of benzene rings is 1. The standard InChI is InChI=1S/C21H28N6O2S/c1-4-11-22-18-16-14-24-27(19(16)26-21(25-18)30-6-3)13-12-23-20(28)15-9-7-8-10-17(15)29-5-2/h7-10,14H,4-6,11-13H2,1-3H3,(H,23,28)(H,22,25,26). The zero-order valence-corrected chi connectivity index (χ0v) is 18.5. The van der Waals surface area contributed by atoms with Gasteiger partial charge < -0.3 is 15.4 Å². The first-order chi connectivity index (χ1) is 14.7. The van der Waals surface area contributed by atoms with E-state index in [1.807, 2.05) is 23.7 Å². The van der Waals surface area contributed by atoms with Crippen molar-refractivity contribution >= 4 is 34.5 Å². The lowest BCUT2D eigenvalue weighted by Gasteiger charge is -2.11. The number of nitrogens with zero attached hydrogens (tertiary/aromatic N) is 4. The van der Waals surface area contributed by atoms with Crippen molar-refractivity contribution in [3.05, 3.63) is 36.0 Å². The normalized spacial score (nSPS) is 10.9. The number of thioether (sulfide) groups is 1. The van der Waals surface area contributed by atoms with Crippen LogP contribution in [0.3, 0.4) is 0 Å². The lowest BCUT2D eigenvalue weighted by molar-refractivity contribution is 0.0948. The van der Waals surface area contributed by atoms with Crippen molar-refractivity contribution in [3.63, 3.8) is 0 Å². The van der Waals surface area contributed by atoms with E-state index in [4.69, 9.17) is 4.74 Å². The van der Waals surface area contributed by atoms with Gasteiger partial charge >= 0.3 is 0 Å². The van der Waals surface area contributed by atoms with Gasteiger partial charge in [0, 0.05) is 13.1 Å². The van der Waals surface area contributed by atoms with Gasteiger partial charge in [0.1, 0.15) is 11.6 Å². The monoisotopic (exact) mass is 428 g/mol. The van der Waals surface area contributed by atoms with Crippen LogP contribution in [0.2, 0.25) is 0 Å². The van der Waals surface area contributed by atoms with Gasteiger partial charge in [-0.25, -0.2) is 14.6 Å². The van der Waals surface area contributed by atoms with Crippen LogP contribution in [0.5, 0.6) is 5.75 Å². The van der Waals surface area contributed by atoms with Crippen LogP contribution >= 0.6 is 11.8 Å². The summed E-state index contributed by atoms with van der Waals surface area (Å²) < 4.78 is 7.35. The van der Waals surface area contributed by atoms with Gasteiger partial charge in [-0.1, -0.05) is 37.7 Å². The highest BCUT2D eigenvalue weighted by Crippen LogP contribution is 2.24. The molecule has 0 aliphatic rings. The zero-order chi connectivity index (χ0) is 21.3. The first kappa shape index (κ1) is 21.9. The number of aromatic nitrogens is 4. The lowest BCUT2D eigenvalue weighted by Crippen LogP contribution is -2.28. The highest BCUT2D eigenvalue weighted by molar-refractivity contribution is 7.99. The fourth-order valence-electron chi connectivity index (χ4n) is 2.98. The van der Waals surface area contributed by atoms with Gasteiger partial charge in [-0.3, -0.25) is 4.79 Å². The van der Waals surface area contributed by atoms with Gasteiger partial charge in [0.2, 0.25) is 0 Å². The molecular weight excluding hydrogens is 400 g/mol. The molecule has 0 aliphatic heterocycles. The van der Waals surface area contributed by atoms with Crippen molar-refractivity contribution in [2.45, 2.75) is 38.9 Å². The third kappa shape index (κ3) is 5.21. The molecular formula is C21H28N6O2S. The summed E-state index contributed by atoms with van der Waals surface area (Å²) in [5.74, 6) is 2.11. The van der Waals surface area contributed by atoms with Crippen LogP contribution < -0.4 is 15.4 Å². The summed E-state index contributed by atoms with van der Waals surface area (Å²) in [5.41, 5.74) is 1.29. The van der Waals surface area contributed by atoms with Gasteiger partial charge in [-0.15, -0.1) is 0 Å². The van der Waals surface area contributed by atoms with Crippen molar-refractivity contribution < 1.29 is 9.53 Å². The van der Waals surface area contributed by atoms with Crippen LogP contribution in [0.4, 0.5) is 5.82 Å². The van der Waals surface area contributed by atoms with E-state index in [0.29, 0.717) is 31.0 Å². The van der Waals surface area contributed by atoms with Crippen LogP contribution in [0.25, 0.3) is 11.0 Å². The highest BCUT2D eigenvalue weighted by atomic mass is 32.2. The minimum Gasteiger partial charge on any atom is -0.493 e. The number of rotatable bonds is 11. The Morgan fingerprint density at radius 1 is 1.17 bits per heavy atom. The van der Waals surface area contributed by atoms with Crippen molar-refractivity contribution in [1.82, 2.24) is 25.1 Å². The Bertz CT molecular complexity index is 991. The molecule has 2 aromatic heterocycles. The number of fused-ring (bicyclic) bond motifs is 1. The summed E-state index contributed by atoms with van der Waals surface area (Å²) >= 11 is 1.60. The Hall–Kier alpha value is -2.81. The van der Waals surface area contributed by atoms with Gasteiger partial charge in [-0.05, 0) is 31.2 Å². The first-order valence-corrected chi connectivity index (χ1v) is 11.3. The maximum Gasteiger partial charge on any atom is 0.255 e. The van der Waals surface area contributed by atoms with E-state index in [0.717, 1.165) is 40.7 Å². The van der Waals surface area contributed by atoms with Crippen LogP contribution in [0.15, 0.2) is 35.6 Å². The number of anilines is 1. The van der Waals surface area contributed by atoms with Crippen molar-refractivity contribution in [2.75, 3.05) is 30.8 Å². The van der Waals surface area contributed by atoms with E-state index in [1.54, 1.807) is 30.1 Å². The molecule has 0 aliphatic carbocycles. The summed E-state index contributed by atoms with van der Waals surface area (Å²) in [6.45, 7) is 8.36. The quantitative estimate of drug-likeness (QED) is 0.356. The Morgan fingerprint density at radius 2 is 2.00 bits per heavy atom. The second kappa shape index (κ2) is 10.8. The van der Waals surface area contributed by atoms with Gasteiger partial charge in [0.15, 0.2) is 10.8 Å². The second-order valence-corrected chi connectivity index (χ2v) is 7.74. The summed E-state index contributed by atoms with van der Waals surface area (Å²) in [5, 5.41) is 12.4. The van der Waals surface area contributed by atoms with E-state index < -0.39 is 0 Å². The Morgan fingerprint density at radius 3 is 2.77 bits per heavy atom. The second-order valence-electron chi connectivity index (χ2n) is 6.50. The predicted octanol–water partition coefficient (Wildman–Crippen LogP) is 3.59. The molecule has 0 atom stereocenters. The molecule has 0 spiro atoms.